The van der Waals surface area contributed by atoms with E-state index < -0.39 is 0 Å². The van der Waals surface area contributed by atoms with Crippen LogP contribution in [0.4, 0.5) is 5.69 Å². The van der Waals surface area contributed by atoms with Gasteiger partial charge in [0.15, 0.2) is 0 Å². The minimum absolute atomic E-state index is 0.134. The Balaban J connectivity index is 2.18. The molecule has 92 valence electrons. The van der Waals surface area contributed by atoms with E-state index >= 15 is 0 Å². The van der Waals surface area contributed by atoms with Gasteiger partial charge in [-0.3, -0.25) is 4.79 Å². The molecule has 18 heavy (non-hydrogen) atoms. The number of halogens is 3. The number of hydrogen-bond acceptors (Lipinski definition) is 1. The van der Waals surface area contributed by atoms with Crippen LogP contribution in [0, 0.1) is 0 Å². The third-order valence-electron chi connectivity index (χ3n) is 2.29. The van der Waals surface area contributed by atoms with Crippen molar-refractivity contribution >= 4 is 59.4 Å². The maximum atomic E-state index is 12.0. The summed E-state index contributed by atoms with van der Waals surface area (Å²) in [5.41, 5.74) is 1.36. The van der Waals surface area contributed by atoms with Gasteiger partial charge in [0.05, 0.1) is 5.69 Å². The van der Waals surface area contributed by atoms with Crippen LogP contribution in [-0.4, -0.2) is 5.91 Å². The number of rotatable bonds is 2. The first-order valence-corrected chi connectivity index (χ1v) is 7.46. The predicted molar refractivity (Wildman–Crippen MR) is 83.9 cm³/mol. The number of anilines is 1. The lowest BCUT2D eigenvalue weighted by Gasteiger charge is -2.07. The summed E-state index contributed by atoms with van der Waals surface area (Å²) in [4.78, 5) is 12.0. The molecule has 2 nitrogen and oxygen atoms in total. The van der Waals surface area contributed by atoms with E-state index in [0.29, 0.717) is 5.56 Å². The third kappa shape index (κ3) is 3.43. The Morgan fingerprint density at radius 3 is 2.11 bits per heavy atom. The third-order valence-corrected chi connectivity index (χ3v) is 3.96. The zero-order valence-electron chi connectivity index (χ0n) is 9.08. The van der Waals surface area contributed by atoms with Crippen LogP contribution in [0.2, 0.25) is 0 Å². The zero-order chi connectivity index (χ0) is 13.1. The molecule has 0 bridgehead atoms. The van der Waals surface area contributed by atoms with Crippen molar-refractivity contribution in [3.8, 4) is 0 Å². The first-order valence-electron chi connectivity index (χ1n) is 5.08. The van der Waals surface area contributed by atoms with Crippen molar-refractivity contribution in [1.82, 2.24) is 0 Å². The monoisotopic (exact) mass is 431 g/mol. The highest BCUT2D eigenvalue weighted by molar-refractivity contribution is 9.11. The van der Waals surface area contributed by atoms with Crippen LogP contribution in [0.3, 0.4) is 0 Å². The summed E-state index contributed by atoms with van der Waals surface area (Å²) in [5.74, 6) is -0.134. The molecule has 5 heteroatoms. The van der Waals surface area contributed by atoms with Crippen LogP contribution >= 0.6 is 47.8 Å². The molecule has 2 aromatic rings. The Kier molecular flexibility index (Phi) is 4.59. The maximum Gasteiger partial charge on any atom is 0.255 e. The van der Waals surface area contributed by atoms with Crippen LogP contribution in [0.15, 0.2) is 55.9 Å². The summed E-state index contributed by atoms with van der Waals surface area (Å²) in [7, 11) is 0. The molecular weight excluding hydrogens is 426 g/mol. The number of amides is 1. The molecule has 0 radical (unpaired) electrons. The summed E-state index contributed by atoms with van der Waals surface area (Å²) in [6.07, 6.45) is 0. The molecule has 0 aliphatic carbocycles. The summed E-state index contributed by atoms with van der Waals surface area (Å²) in [5, 5.41) is 2.85. The molecule has 0 atom stereocenters. The molecule has 0 aromatic heterocycles. The van der Waals surface area contributed by atoms with Gasteiger partial charge in [0.2, 0.25) is 0 Å². The lowest BCUT2D eigenvalue weighted by Crippen LogP contribution is -2.12. The van der Waals surface area contributed by atoms with Gasteiger partial charge in [0.1, 0.15) is 0 Å². The normalized spacial score (nSPS) is 10.2. The van der Waals surface area contributed by atoms with Crippen molar-refractivity contribution in [3.05, 3.63) is 61.4 Å². The number of carbonyl (C=O) groups is 1. The number of nitrogens with one attached hydrogen (secondary N) is 1. The van der Waals surface area contributed by atoms with Crippen LogP contribution in [0.25, 0.3) is 0 Å². The Bertz CT molecular complexity index is 581. The Morgan fingerprint density at radius 2 is 1.50 bits per heavy atom. The van der Waals surface area contributed by atoms with Gasteiger partial charge < -0.3 is 5.32 Å². The minimum atomic E-state index is -0.134. The number of carbonyl (C=O) groups excluding carboxylic acids is 1. The predicted octanol–water partition coefficient (Wildman–Crippen LogP) is 5.23. The van der Waals surface area contributed by atoms with Crippen molar-refractivity contribution in [2.75, 3.05) is 5.32 Å². The van der Waals surface area contributed by atoms with E-state index in [9.17, 15) is 4.79 Å². The SMILES string of the molecule is O=C(Nc1ccc(Br)cc1Br)c1ccc(Br)cc1. The first-order chi connectivity index (χ1) is 8.56. The standard InChI is InChI=1S/C13H8Br3NO/c14-9-3-1-8(2-4-9)13(18)17-12-6-5-10(15)7-11(12)16/h1-7H,(H,17,18). The van der Waals surface area contributed by atoms with Crippen molar-refractivity contribution in [2.24, 2.45) is 0 Å². The fraction of sp³-hybridized carbons (Fsp3) is 0. The molecule has 0 aliphatic rings. The number of benzene rings is 2. The van der Waals surface area contributed by atoms with Gasteiger partial charge in [-0.25, -0.2) is 0 Å². The van der Waals surface area contributed by atoms with Gasteiger partial charge in [0, 0.05) is 19.0 Å². The van der Waals surface area contributed by atoms with Crippen molar-refractivity contribution in [2.45, 2.75) is 0 Å². The summed E-state index contributed by atoms with van der Waals surface area (Å²) in [6.45, 7) is 0. The molecule has 0 saturated carbocycles. The second-order valence-corrected chi connectivity index (χ2v) is 6.27. The first kappa shape index (κ1) is 13.8. The van der Waals surface area contributed by atoms with Crippen LogP contribution < -0.4 is 5.32 Å². The Hall–Kier alpha value is -0.650. The van der Waals surface area contributed by atoms with E-state index in [1.54, 1.807) is 12.1 Å². The fourth-order valence-corrected chi connectivity index (χ4v) is 2.80. The smallest absolute Gasteiger partial charge is 0.255 e. The van der Waals surface area contributed by atoms with Crippen molar-refractivity contribution in [1.29, 1.82) is 0 Å². The molecule has 2 rings (SSSR count). The summed E-state index contributed by atoms with van der Waals surface area (Å²) < 4.78 is 2.74. The molecule has 0 saturated heterocycles. The maximum absolute atomic E-state index is 12.0. The molecular formula is C13H8Br3NO. The summed E-state index contributed by atoms with van der Waals surface area (Å²) >= 11 is 10.1. The number of hydrogen-bond donors (Lipinski definition) is 1. The lowest BCUT2D eigenvalue weighted by atomic mass is 10.2. The highest BCUT2D eigenvalue weighted by Gasteiger charge is 2.08. The Labute approximate surface area is 130 Å². The van der Waals surface area contributed by atoms with Gasteiger partial charge in [-0.15, -0.1) is 0 Å². The molecule has 0 aliphatic heterocycles. The highest BCUT2D eigenvalue weighted by Crippen LogP contribution is 2.26. The Morgan fingerprint density at radius 1 is 0.889 bits per heavy atom. The molecule has 0 unspecified atom stereocenters. The quantitative estimate of drug-likeness (QED) is 0.690. The van der Waals surface area contributed by atoms with Gasteiger partial charge in [0.25, 0.3) is 5.91 Å². The lowest BCUT2D eigenvalue weighted by molar-refractivity contribution is 0.102. The van der Waals surface area contributed by atoms with E-state index in [4.69, 9.17) is 0 Å². The van der Waals surface area contributed by atoms with Crippen LogP contribution in [0.5, 0.6) is 0 Å². The second kappa shape index (κ2) is 5.99. The van der Waals surface area contributed by atoms with E-state index in [1.165, 1.54) is 0 Å². The van der Waals surface area contributed by atoms with E-state index in [2.05, 4.69) is 53.1 Å². The summed E-state index contributed by atoms with van der Waals surface area (Å²) in [6, 6.07) is 12.8. The van der Waals surface area contributed by atoms with E-state index in [1.807, 2.05) is 30.3 Å². The minimum Gasteiger partial charge on any atom is -0.321 e. The average Bonchev–Trinajstić information content (AvgIpc) is 2.33. The van der Waals surface area contributed by atoms with Gasteiger partial charge in [-0.05, 0) is 58.4 Å². The van der Waals surface area contributed by atoms with Crippen LogP contribution in [0.1, 0.15) is 10.4 Å². The van der Waals surface area contributed by atoms with Gasteiger partial charge in [-0.1, -0.05) is 31.9 Å². The van der Waals surface area contributed by atoms with Crippen LogP contribution in [-0.2, 0) is 0 Å². The molecule has 0 spiro atoms. The van der Waals surface area contributed by atoms with Gasteiger partial charge >= 0.3 is 0 Å². The molecule has 1 N–H and O–H groups in total. The molecule has 0 heterocycles. The fourth-order valence-electron chi connectivity index (χ4n) is 1.39. The molecule has 0 fully saturated rings. The molecule has 1 amide bonds. The van der Waals surface area contributed by atoms with Gasteiger partial charge in [-0.2, -0.15) is 0 Å². The average molecular weight is 434 g/mol. The second-order valence-electron chi connectivity index (χ2n) is 3.59. The van der Waals surface area contributed by atoms with E-state index in [-0.39, 0.29) is 5.91 Å². The van der Waals surface area contributed by atoms with Crippen molar-refractivity contribution in [3.63, 3.8) is 0 Å². The largest absolute Gasteiger partial charge is 0.321 e. The van der Waals surface area contributed by atoms with Crippen molar-refractivity contribution < 1.29 is 4.79 Å². The molecule has 2 aromatic carbocycles. The van der Waals surface area contributed by atoms with E-state index in [0.717, 1.165) is 19.1 Å². The zero-order valence-corrected chi connectivity index (χ0v) is 13.8. The highest BCUT2D eigenvalue weighted by atomic mass is 79.9. The topological polar surface area (TPSA) is 29.1 Å².